The van der Waals surface area contributed by atoms with Crippen molar-refractivity contribution in [3.63, 3.8) is 0 Å². The Morgan fingerprint density at radius 2 is 2.29 bits per heavy atom. The number of rotatable bonds is 4. The Kier molecular flexibility index (Phi) is 3.95. The van der Waals surface area contributed by atoms with Gasteiger partial charge < -0.3 is 5.11 Å². The molecule has 0 saturated carbocycles. The van der Waals surface area contributed by atoms with E-state index in [0.29, 0.717) is 5.75 Å². The molecule has 0 amide bonds. The normalized spacial score (nSPS) is 12.8. The number of hydrogen-bond donors (Lipinski definition) is 1. The summed E-state index contributed by atoms with van der Waals surface area (Å²) >= 11 is 3.15. The first kappa shape index (κ1) is 11.5. The zero-order valence-corrected chi connectivity index (χ0v) is 10.0. The predicted octanol–water partition coefficient (Wildman–Crippen LogP) is 2.57. The highest BCUT2D eigenvalue weighted by molar-refractivity contribution is 8.01. The summed E-state index contributed by atoms with van der Waals surface area (Å²) in [6.45, 7) is 5.71. The molecule has 0 aliphatic heterocycles. The lowest BCUT2D eigenvalue weighted by molar-refractivity contribution is -0.140. The van der Waals surface area contributed by atoms with Crippen LogP contribution in [0.1, 0.15) is 17.5 Å². The number of nitrogens with zero attached hydrogens (tertiary/aromatic N) is 1. The minimum absolute atomic E-state index is 0.315. The smallest absolute Gasteiger partial charge is 0.307 e. The van der Waals surface area contributed by atoms with E-state index in [0.717, 1.165) is 10.0 Å². The van der Waals surface area contributed by atoms with Gasteiger partial charge in [0, 0.05) is 10.6 Å². The molecule has 0 fully saturated rings. The molecule has 0 saturated heterocycles. The van der Waals surface area contributed by atoms with Crippen LogP contribution in [0.4, 0.5) is 0 Å². The number of aromatic nitrogens is 1. The number of thiazole rings is 1. The molecule has 3 nitrogen and oxygen atoms in total. The maximum absolute atomic E-state index is 10.6. The van der Waals surface area contributed by atoms with Crippen molar-refractivity contribution in [1.29, 1.82) is 0 Å². The van der Waals surface area contributed by atoms with Crippen molar-refractivity contribution in [3.05, 3.63) is 10.6 Å². The van der Waals surface area contributed by atoms with E-state index in [-0.39, 0.29) is 5.92 Å². The number of hydrogen-bond acceptors (Lipinski definition) is 4. The fourth-order valence-corrected chi connectivity index (χ4v) is 2.96. The summed E-state index contributed by atoms with van der Waals surface area (Å²) < 4.78 is 0.966. The third-order valence-electron chi connectivity index (χ3n) is 1.89. The van der Waals surface area contributed by atoms with E-state index in [2.05, 4.69) is 4.98 Å². The average Bonchev–Trinajstić information content (AvgIpc) is 2.42. The topological polar surface area (TPSA) is 50.2 Å². The molecule has 1 heterocycles. The van der Waals surface area contributed by atoms with Crippen molar-refractivity contribution in [1.82, 2.24) is 4.98 Å². The van der Waals surface area contributed by atoms with Crippen LogP contribution in [-0.2, 0) is 4.79 Å². The van der Waals surface area contributed by atoms with Gasteiger partial charge in [-0.25, -0.2) is 4.98 Å². The number of aliphatic carboxylic acids is 1. The minimum Gasteiger partial charge on any atom is -0.481 e. The van der Waals surface area contributed by atoms with Crippen LogP contribution in [0, 0.1) is 19.8 Å². The maximum Gasteiger partial charge on any atom is 0.307 e. The molecule has 1 unspecified atom stereocenters. The highest BCUT2D eigenvalue weighted by Crippen LogP contribution is 2.27. The van der Waals surface area contributed by atoms with E-state index in [1.165, 1.54) is 16.6 Å². The Balaban J connectivity index is 2.50. The summed E-state index contributed by atoms with van der Waals surface area (Å²) in [4.78, 5) is 16.1. The predicted molar refractivity (Wildman–Crippen MR) is 59.1 cm³/mol. The SMILES string of the molecule is Cc1nc(SCC(C)C(=O)O)sc1C. The van der Waals surface area contributed by atoms with Crippen LogP contribution in [0.5, 0.6) is 0 Å². The number of carbonyl (C=O) groups is 1. The summed E-state index contributed by atoms with van der Waals surface area (Å²) in [5, 5.41) is 8.69. The highest BCUT2D eigenvalue weighted by Gasteiger charge is 2.12. The van der Waals surface area contributed by atoms with Crippen molar-refractivity contribution >= 4 is 29.1 Å². The molecule has 0 spiro atoms. The number of aryl methyl sites for hydroxylation is 2. The lowest BCUT2D eigenvalue weighted by Crippen LogP contribution is -2.11. The summed E-state index contributed by atoms with van der Waals surface area (Å²) in [5.74, 6) is -0.478. The van der Waals surface area contributed by atoms with Crippen LogP contribution in [0.3, 0.4) is 0 Å². The van der Waals surface area contributed by atoms with E-state index in [1.54, 1.807) is 18.3 Å². The van der Waals surface area contributed by atoms with Crippen LogP contribution in [0.2, 0.25) is 0 Å². The molecule has 1 N–H and O–H groups in total. The van der Waals surface area contributed by atoms with Gasteiger partial charge in [-0.1, -0.05) is 18.7 Å². The molecule has 1 rings (SSSR count). The molecule has 0 aliphatic carbocycles. The molecule has 0 bridgehead atoms. The molecule has 14 heavy (non-hydrogen) atoms. The van der Waals surface area contributed by atoms with Crippen molar-refractivity contribution in [2.24, 2.45) is 5.92 Å². The summed E-state index contributed by atoms with van der Waals surface area (Å²) in [5.41, 5.74) is 1.04. The molecule has 5 heteroatoms. The first-order valence-corrected chi connectivity index (χ1v) is 6.10. The lowest BCUT2D eigenvalue weighted by atomic mass is 10.2. The van der Waals surface area contributed by atoms with Crippen LogP contribution in [0.25, 0.3) is 0 Å². The number of carboxylic acids is 1. The van der Waals surface area contributed by atoms with Gasteiger partial charge in [-0.3, -0.25) is 4.79 Å². The third kappa shape index (κ3) is 2.99. The third-order valence-corrected chi connectivity index (χ3v) is 4.36. The zero-order chi connectivity index (χ0) is 10.7. The van der Waals surface area contributed by atoms with Gasteiger partial charge >= 0.3 is 5.97 Å². The summed E-state index contributed by atoms with van der Waals surface area (Å²) in [6.07, 6.45) is 0. The van der Waals surface area contributed by atoms with E-state index >= 15 is 0 Å². The van der Waals surface area contributed by atoms with E-state index in [1.807, 2.05) is 13.8 Å². The van der Waals surface area contributed by atoms with Gasteiger partial charge in [0.05, 0.1) is 11.6 Å². The first-order chi connectivity index (χ1) is 6.50. The Morgan fingerprint density at radius 1 is 1.64 bits per heavy atom. The van der Waals surface area contributed by atoms with Crippen LogP contribution in [0.15, 0.2) is 4.34 Å². The Bertz CT molecular complexity index is 316. The van der Waals surface area contributed by atoms with Crippen LogP contribution in [-0.4, -0.2) is 21.8 Å². The second kappa shape index (κ2) is 4.79. The average molecular weight is 231 g/mol. The van der Waals surface area contributed by atoms with Gasteiger partial charge in [0.25, 0.3) is 0 Å². The molecule has 1 atom stereocenters. The largest absolute Gasteiger partial charge is 0.481 e. The molecule has 78 valence electrons. The lowest BCUT2D eigenvalue weighted by Gasteiger charge is -2.02. The number of thioether (sulfide) groups is 1. The molecule has 1 aromatic rings. The van der Waals surface area contributed by atoms with Gasteiger partial charge in [0.15, 0.2) is 0 Å². The Hall–Kier alpha value is -0.550. The summed E-state index contributed by atoms with van der Waals surface area (Å²) in [7, 11) is 0. The van der Waals surface area contributed by atoms with Crippen LogP contribution < -0.4 is 0 Å². The van der Waals surface area contributed by atoms with Crippen LogP contribution >= 0.6 is 23.1 Å². The van der Waals surface area contributed by atoms with Gasteiger partial charge in [0.1, 0.15) is 4.34 Å². The van der Waals surface area contributed by atoms with Gasteiger partial charge in [-0.15, -0.1) is 11.3 Å². The summed E-state index contributed by atoms with van der Waals surface area (Å²) in [6, 6.07) is 0. The Labute approximate surface area is 91.6 Å². The van der Waals surface area contributed by atoms with Crippen molar-refractivity contribution in [2.45, 2.75) is 25.1 Å². The van der Waals surface area contributed by atoms with E-state index in [9.17, 15) is 4.79 Å². The molecule has 1 aromatic heterocycles. The highest BCUT2D eigenvalue weighted by atomic mass is 32.2. The Morgan fingerprint density at radius 3 is 2.71 bits per heavy atom. The van der Waals surface area contributed by atoms with Crippen molar-refractivity contribution in [3.8, 4) is 0 Å². The fourth-order valence-electron chi connectivity index (χ4n) is 0.773. The second-order valence-electron chi connectivity index (χ2n) is 3.17. The van der Waals surface area contributed by atoms with Gasteiger partial charge in [-0.2, -0.15) is 0 Å². The van der Waals surface area contributed by atoms with E-state index < -0.39 is 5.97 Å². The quantitative estimate of drug-likeness (QED) is 0.809. The molecule has 0 radical (unpaired) electrons. The van der Waals surface area contributed by atoms with E-state index in [4.69, 9.17) is 5.11 Å². The minimum atomic E-state index is -0.748. The van der Waals surface area contributed by atoms with Gasteiger partial charge in [-0.05, 0) is 13.8 Å². The fraction of sp³-hybridized carbons (Fsp3) is 0.556. The second-order valence-corrected chi connectivity index (χ2v) is 5.64. The molecular weight excluding hydrogens is 218 g/mol. The van der Waals surface area contributed by atoms with Crippen molar-refractivity contribution in [2.75, 3.05) is 5.75 Å². The molecule has 0 aliphatic rings. The van der Waals surface area contributed by atoms with Gasteiger partial charge in [0.2, 0.25) is 0 Å². The van der Waals surface area contributed by atoms with Crippen molar-refractivity contribution < 1.29 is 9.90 Å². The molecule has 0 aromatic carbocycles. The maximum atomic E-state index is 10.6. The number of carboxylic acid groups (broad SMARTS) is 1. The zero-order valence-electron chi connectivity index (χ0n) is 8.40. The molecular formula is C9H13NO2S2. The monoisotopic (exact) mass is 231 g/mol. The first-order valence-electron chi connectivity index (χ1n) is 4.30. The standard InChI is InChI=1S/C9H13NO2S2/c1-5(8(11)12)4-13-9-10-6(2)7(3)14-9/h5H,4H2,1-3H3,(H,11,12).